The number of hydrogen-bond donors (Lipinski definition) is 2. The standard InChI is InChI=1S/C14H19FN4O3/c1-17-7-9-3-2-4-18(8-9)14(20)11-5-10(15)6-12(13(11)16)19(21)22/h5-6,9,17H,2-4,7-8,16H2,1H3. The molecule has 1 aromatic carbocycles. The summed E-state index contributed by atoms with van der Waals surface area (Å²) in [5, 5.41) is 14.0. The summed E-state index contributed by atoms with van der Waals surface area (Å²) in [4.78, 5) is 24.2. The second-order valence-electron chi connectivity index (χ2n) is 5.46. The number of halogens is 1. The van der Waals surface area contributed by atoms with Crippen LogP contribution in [0.25, 0.3) is 0 Å². The molecule has 1 aliphatic heterocycles. The highest BCUT2D eigenvalue weighted by Gasteiger charge is 2.28. The van der Waals surface area contributed by atoms with E-state index in [1.54, 1.807) is 4.90 Å². The SMILES string of the molecule is CNCC1CCCN(C(=O)c2cc(F)cc([N+](=O)[O-])c2N)C1. The fourth-order valence-corrected chi connectivity index (χ4v) is 2.81. The molecule has 0 aromatic heterocycles. The second-order valence-corrected chi connectivity index (χ2v) is 5.46. The van der Waals surface area contributed by atoms with Crippen LogP contribution >= 0.6 is 0 Å². The lowest BCUT2D eigenvalue weighted by atomic mass is 9.97. The number of anilines is 1. The van der Waals surface area contributed by atoms with Gasteiger partial charge in [-0.05, 0) is 38.4 Å². The highest BCUT2D eigenvalue weighted by Crippen LogP contribution is 2.29. The van der Waals surface area contributed by atoms with Crippen LogP contribution in [0.5, 0.6) is 0 Å². The van der Waals surface area contributed by atoms with E-state index in [4.69, 9.17) is 5.73 Å². The Hall–Kier alpha value is -2.22. The van der Waals surface area contributed by atoms with Crippen LogP contribution in [0.4, 0.5) is 15.8 Å². The van der Waals surface area contributed by atoms with Gasteiger partial charge >= 0.3 is 0 Å². The summed E-state index contributed by atoms with van der Waals surface area (Å²) in [6.45, 7) is 1.86. The largest absolute Gasteiger partial charge is 0.393 e. The number of nitrogens with one attached hydrogen (secondary N) is 1. The van der Waals surface area contributed by atoms with Crippen molar-refractivity contribution in [2.45, 2.75) is 12.8 Å². The normalized spacial score (nSPS) is 18.3. The summed E-state index contributed by atoms with van der Waals surface area (Å²) in [7, 11) is 1.84. The van der Waals surface area contributed by atoms with Crippen molar-refractivity contribution in [3.05, 3.63) is 33.6 Å². The number of piperidine rings is 1. The fraction of sp³-hybridized carbons (Fsp3) is 0.500. The van der Waals surface area contributed by atoms with E-state index in [9.17, 15) is 19.3 Å². The van der Waals surface area contributed by atoms with Crippen molar-refractivity contribution in [3.63, 3.8) is 0 Å². The van der Waals surface area contributed by atoms with Gasteiger partial charge in [-0.25, -0.2) is 4.39 Å². The minimum atomic E-state index is -0.840. The molecule has 8 heteroatoms. The van der Waals surface area contributed by atoms with Crippen molar-refractivity contribution in [1.82, 2.24) is 10.2 Å². The molecule has 2 rings (SSSR count). The molecule has 0 bridgehead atoms. The molecular formula is C14H19FN4O3. The van der Waals surface area contributed by atoms with E-state index in [0.29, 0.717) is 19.0 Å². The first-order chi connectivity index (χ1) is 10.4. The maximum absolute atomic E-state index is 13.6. The third-order valence-electron chi connectivity index (χ3n) is 3.85. The van der Waals surface area contributed by atoms with Crippen LogP contribution in [0.2, 0.25) is 0 Å². The van der Waals surface area contributed by atoms with Crippen molar-refractivity contribution in [1.29, 1.82) is 0 Å². The summed E-state index contributed by atoms with van der Waals surface area (Å²) in [5.74, 6) is -0.985. The highest BCUT2D eigenvalue weighted by atomic mass is 19.1. The Labute approximate surface area is 127 Å². The van der Waals surface area contributed by atoms with Gasteiger partial charge in [0.15, 0.2) is 0 Å². The van der Waals surface area contributed by atoms with E-state index in [2.05, 4.69) is 5.32 Å². The number of carbonyl (C=O) groups excluding carboxylic acids is 1. The minimum absolute atomic E-state index is 0.142. The van der Waals surface area contributed by atoms with Gasteiger partial charge in [-0.15, -0.1) is 0 Å². The number of carbonyl (C=O) groups is 1. The van der Waals surface area contributed by atoms with E-state index in [-0.39, 0.29) is 11.3 Å². The number of nitrogens with zero attached hydrogens (tertiary/aromatic N) is 2. The number of amides is 1. The Morgan fingerprint density at radius 2 is 2.32 bits per heavy atom. The maximum Gasteiger partial charge on any atom is 0.295 e. The Morgan fingerprint density at radius 3 is 2.95 bits per heavy atom. The number of benzene rings is 1. The highest BCUT2D eigenvalue weighted by molar-refractivity contribution is 6.01. The molecule has 1 amide bonds. The van der Waals surface area contributed by atoms with Crippen molar-refractivity contribution in [3.8, 4) is 0 Å². The van der Waals surface area contributed by atoms with Crippen LogP contribution in [-0.4, -0.2) is 42.4 Å². The predicted octanol–water partition coefficient (Wildman–Crippen LogP) is 1.39. The summed E-state index contributed by atoms with van der Waals surface area (Å²) in [6.07, 6.45) is 1.85. The van der Waals surface area contributed by atoms with Gasteiger partial charge in [0.2, 0.25) is 0 Å². The molecule has 1 fully saturated rings. The van der Waals surface area contributed by atoms with Gasteiger partial charge in [-0.1, -0.05) is 0 Å². The molecule has 3 N–H and O–H groups in total. The van der Waals surface area contributed by atoms with Gasteiger partial charge in [-0.2, -0.15) is 0 Å². The summed E-state index contributed by atoms with van der Waals surface area (Å²) < 4.78 is 13.6. The van der Waals surface area contributed by atoms with E-state index < -0.39 is 22.3 Å². The number of nitrogens with two attached hydrogens (primary N) is 1. The fourth-order valence-electron chi connectivity index (χ4n) is 2.81. The zero-order valence-electron chi connectivity index (χ0n) is 12.3. The molecule has 1 saturated heterocycles. The average molecular weight is 310 g/mol. The first-order valence-electron chi connectivity index (χ1n) is 7.11. The summed E-state index contributed by atoms with van der Waals surface area (Å²) in [5.41, 5.74) is 4.68. The monoisotopic (exact) mass is 310 g/mol. The van der Waals surface area contributed by atoms with Crippen molar-refractivity contribution in [2.24, 2.45) is 5.92 Å². The lowest BCUT2D eigenvalue weighted by molar-refractivity contribution is -0.384. The number of nitrogen functional groups attached to an aromatic ring is 1. The van der Waals surface area contributed by atoms with Crippen LogP contribution in [0, 0.1) is 21.8 Å². The van der Waals surface area contributed by atoms with Crippen LogP contribution in [-0.2, 0) is 0 Å². The molecule has 1 atom stereocenters. The molecule has 0 spiro atoms. The zero-order chi connectivity index (χ0) is 16.3. The van der Waals surface area contributed by atoms with Gasteiger partial charge < -0.3 is 16.0 Å². The molecule has 1 unspecified atom stereocenters. The number of hydrogen-bond acceptors (Lipinski definition) is 5. The summed E-state index contributed by atoms with van der Waals surface area (Å²) >= 11 is 0. The molecule has 0 aliphatic carbocycles. The van der Waals surface area contributed by atoms with Crippen molar-refractivity contribution in [2.75, 3.05) is 32.4 Å². The van der Waals surface area contributed by atoms with Gasteiger partial charge in [0.1, 0.15) is 11.5 Å². The number of nitro groups is 1. The Bertz CT molecular complexity index is 592. The Morgan fingerprint density at radius 1 is 1.59 bits per heavy atom. The average Bonchev–Trinajstić information content (AvgIpc) is 2.49. The zero-order valence-corrected chi connectivity index (χ0v) is 12.3. The van der Waals surface area contributed by atoms with Gasteiger partial charge in [0, 0.05) is 13.1 Å². The van der Waals surface area contributed by atoms with Crippen LogP contribution < -0.4 is 11.1 Å². The molecule has 7 nitrogen and oxygen atoms in total. The Balaban J connectivity index is 2.27. The topological polar surface area (TPSA) is 102 Å². The minimum Gasteiger partial charge on any atom is -0.393 e. The molecule has 1 aromatic rings. The predicted molar refractivity (Wildman–Crippen MR) is 80.0 cm³/mol. The van der Waals surface area contributed by atoms with E-state index in [1.807, 2.05) is 7.05 Å². The lowest BCUT2D eigenvalue weighted by Crippen LogP contribution is -2.42. The van der Waals surface area contributed by atoms with Gasteiger partial charge in [-0.3, -0.25) is 14.9 Å². The number of rotatable bonds is 4. The van der Waals surface area contributed by atoms with Crippen LogP contribution in [0.1, 0.15) is 23.2 Å². The molecule has 1 heterocycles. The van der Waals surface area contributed by atoms with Gasteiger partial charge in [0.25, 0.3) is 11.6 Å². The van der Waals surface area contributed by atoms with Crippen molar-refractivity contribution < 1.29 is 14.1 Å². The third-order valence-corrected chi connectivity index (χ3v) is 3.85. The van der Waals surface area contributed by atoms with E-state index in [0.717, 1.165) is 31.5 Å². The maximum atomic E-state index is 13.6. The molecule has 22 heavy (non-hydrogen) atoms. The van der Waals surface area contributed by atoms with Crippen LogP contribution in [0.3, 0.4) is 0 Å². The van der Waals surface area contributed by atoms with Crippen molar-refractivity contribution >= 4 is 17.3 Å². The smallest absolute Gasteiger partial charge is 0.295 e. The molecule has 0 saturated carbocycles. The van der Waals surface area contributed by atoms with E-state index in [1.165, 1.54) is 0 Å². The third kappa shape index (κ3) is 3.33. The lowest BCUT2D eigenvalue weighted by Gasteiger charge is -2.33. The molecule has 120 valence electrons. The van der Waals surface area contributed by atoms with E-state index >= 15 is 0 Å². The van der Waals surface area contributed by atoms with Crippen LogP contribution in [0.15, 0.2) is 12.1 Å². The Kier molecular flexibility index (Phi) is 4.92. The number of nitro benzene ring substituents is 1. The molecular weight excluding hydrogens is 291 g/mol. The first-order valence-corrected chi connectivity index (χ1v) is 7.11. The van der Waals surface area contributed by atoms with Gasteiger partial charge in [0.05, 0.1) is 16.6 Å². The molecule has 1 aliphatic rings. The second kappa shape index (κ2) is 6.69. The number of likely N-dealkylation sites (tertiary alicyclic amines) is 1. The molecule has 0 radical (unpaired) electrons. The quantitative estimate of drug-likeness (QED) is 0.497. The summed E-state index contributed by atoms with van der Waals surface area (Å²) in [6, 6.07) is 1.69. The first kappa shape index (κ1) is 16.2.